The molecule has 0 aromatic rings. The fourth-order valence-electron chi connectivity index (χ4n) is 2.04. The monoisotopic (exact) mass is 201 g/mol. The molecule has 0 aromatic heterocycles. The van der Waals surface area contributed by atoms with Crippen LogP contribution in [0.3, 0.4) is 0 Å². The van der Waals surface area contributed by atoms with Crippen LogP contribution >= 0.6 is 0 Å². The molecular formula is C9H19N3O2. The standard InChI is InChI=1S/C9H19N3O2/c1-9(14)6-12(5-8(11)13)3-2-7(9)4-10/h7,14H,2-6,10H2,1H3,(H2,11,13)/t7-,9-/m0/s1. The summed E-state index contributed by atoms with van der Waals surface area (Å²) in [6, 6.07) is 0. The molecule has 1 rings (SSSR count). The summed E-state index contributed by atoms with van der Waals surface area (Å²) in [4.78, 5) is 12.6. The van der Waals surface area contributed by atoms with Crippen molar-refractivity contribution in [1.82, 2.24) is 4.90 Å². The zero-order chi connectivity index (χ0) is 10.8. The number of nitrogens with two attached hydrogens (primary N) is 2. The van der Waals surface area contributed by atoms with Crippen LogP contribution in [0.15, 0.2) is 0 Å². The highest BCUT2D eigenvalue weighted by molar-refractivity contribution is 5.75. The number of carbonyl (C=O) groups excluding carboxylic acids is 1. The lowest BCUT2D eigenvalue weighted by atomic mass is 9.83. The molecule has 1 heterocycles. The smallest absolute Gasteiger partial charge is 0.231 e. The lowest BCUT2D eigenvalue weighted by Crippen LogP contribution is -2.55. The second kappa shape index (κ2) is 4.25. The Balaban J connectivity index is 2.53. The first kappa shape index (κ1) is 11.4. The van der Waals surface area contributed by atoms with Crippen molar-refractivity contribution in [2.75, 3.05) is 26.2 Å². The number of nitrogens with zero attached hydrogens (tertiary/aromatic N) is 1. The van der Waals surface area contributed by atoms with E-state index in [0.717, 1.165) is 13.0 Å². The van der Waals surface area contributed by atoms with Gasteiger partial charge in [-0.1, -0.05) is 0 Å². The minimum Gasteiger partial charge on any atom is -0.389 e. The third-order valence-electron chi connectivity index (χ3n) is 2.88. The molecule has 1 aliphatic heterocycles. The van der Waals surface area contributed by atoms with Crippen LogP contribution in [-0.2, 0) is 4.79 Å². The number of carbonyl (C=O) groups is 1. The molecule has 5 heteroatoms. The molecule has 82 valence electrons. The average molecular weight is 201 g/mol. The summed E-state index contributed by atoms with van der Waals surface area (Å²) in [5.74, 6) is -0.237. The van der Waals surface area contributed by atoms with E-state index in [1.165, 1.54) is 0 Å². The van der Waals surface area contributed by atoms with Crippen molar-refractivity contribution in [2.45, 2.75) is 18.9 Å². The van der Waals surface area contributed by atoms with Crippen molar-refractivity contribution in [3.63, 3.8) is 0 Å². The van der Waals surface area contributed by atoms with Gasteiger partial charge in [-0.2, -0.15) is 0 Å². The Morgan fingerprint density at radius 2 is 2.36 bits per heavy atom. The van der Waals surface area contributed by atoms with Crippen LogP contribution in [0.25, 0.3) is 0 Å². The highest BCUT2D eigenvalue weighted by Crippen LogP contribution is 2.26. The quantitative estimate of drug-likeness (QED) is 0.518. The number of hydrogen-bond donors (Lipinski definition) is 3. The van der Waals surface area contributed by atoms with Gasteiger partial charge in [-0.25, -0.2) is 0 Å². The topological polar surface area (TPSA) is 92.6 Å². The molecule has 0 radical (unpaired) electrons. The number of piperidine rings is 1. The van der Waals surface area contributed by atoms with Crippen LogP contribution in [0.2, 0.25) is 0 Å². The Morgan fingerprint density at radius 1 is 1.71 bits per heavy atom. The van der Waals surface area contributed by atoms with Crippen LogP contribution in [0, 0.1) is 5.92 Å². The Hall–Kier alpha value is -0.650. The van der Waals surface area contributed by atoms with Gasteiger partial charge in [0.1, 0.15) is 0 Å². The maximum atomic E-state index is 10.7. The molecule has 14 heavy (non-hydrogen) atoms. The van der Waals surface area contributed by atoms with E-state index in [9.17, 15) is 9.90 Å². The third kappa shape index (κ3) is 2.67. The molecule has 0 bridgehead atoms. The first-order chi connectivity index (χ1) is 6.45. The van der Waals surface area contributed by atoms with Crippen LogP contribution in [0.4, 0.5) is 0 Å². The lowest BCUT2D eigenvalue weighted by Gasteiger charge is -2.42. The fraction of sp³-hybridized carbons (Fsp3) is 0.889. The normalized spacial score (nSPS) is 34.4. The number of primary amides is 1. The van der Waals surface area contributed by atoms with Gasteiger partial charge in [-0.15, -0.1) is 0 Å². The zero-order valence-corrected chi connectivity index (χ0v) is 8.57. The molecule has 5 nitrogen and oxygen atoms in total. The molecule has 1 fully saturated rings. The van der Waals surface area contributed by atoms with Crippen LogP contribution in [0.1, 0.15) is 13.3 Å². The molecule has 1 aliphatic rings. The van der Waals surface area contributed by atoms with E-state index in [4.69, 9.17) is 11.5 Å². The molecule has 2 atom stereocenters. The van der Waals surface area contributed by atoms with Crippen molar-refractivity contribution in [3.05, 3.63) is 0 Å². The van der Waals surface area contributed by atoms with Gasteiger partial charge in [0, 0.05) is 12.5 Å². The van der Waals surface area contributed by atoms with Gasteiger partial charge in [0.25, 0.3) is 0 Å². The van der Waals surface area contributed by atoms with Crippen molar-refractivity contribution < 1.29 is 9.90 Å². The molecule has 5 N–H and O–H groups in total. The SMILES string of the molecule is C[C@]1(O)CN(CC(N)=O)CC[C@H]1CN. The highest BCUT2D eigenvalue weighted by Gasteiger charge is 2.37. The second-order valence-corrected chi connectivity index (χ2v) is 4.26. The molecule has 0 unspecified atom stereocenters. The molecule has 0 aliphatic carbocycles. The number of hydrogen-bond acceptors (Lipinski definition) is 4. The van der Waals surface area contributed by atoms with Crippen LogP contribution < -0.4 is 11.5 Å². The maximum absolute atomic E-state index is 10.7. The first-order valence-electron chi connectivity index (χ1n) is 4.89. The van der Waals surface area contributed by atoms with E-state index in [0.29, 0.717) is 13.1 Å². The molecule has 1 saturated heterocycles. The van der Waals surface area contributed by atoms with Gasteiger partial charge in [-0.3, -0.25) is 9.69 Å². The summed E-state index contributed by atoms with van der Waals surface area (Å²) in [5, 5.41) is 10.0. The third-order valence-corrected chi connectivity index (χ3v) is 2.88. The van der Waals surface area contributed by atoms with Gasteiger partial charge < -0.3 is 16.6 Å². The lowest BCUT2D eigenvalue weighted by molar-refractivity contribution is -0.122. The zero-order valence-electron chi connectivity index (χ0n) is 8.57. The molecule has 0 saturated carbocycles. The van der Waals surface area contributed by atoms with Gasteiger partial charge >= 0.3 is 0 Å². The molecule has 0 spiro atoms. The van der Waals surface area contributed by atoms with E-state index in [1.54, 1.807) is 6.92 Å². The van der Waals surface area contributed by atoms with E-state index < -0.39 is 5.60 Å². The number of β-amino-alcohol motifs (C(OH)–C–C–N with tert-alkyl or cyclic N) is 1. The molecular weight excluding hydrogens is 182 g/mol. The fourth-order valence-corrected chi connectivity index (χ4v) is 2.04. The Morgan fingerprint density at radius 3 is 2.79 bits per heavy atom. The molecule has 1 amide bonds. The summed E-state index contributed by atoms with van der Waals surface area (Å²) in [6.07, 6.45) is 0.816. The van der Waals surface area contributed by atoms with Gasteiger partial charge in [-0.05, 0) is 26.4 Å². The predicted molar refractivity (Wildman–Crippen MR) is 53.4 cm³/mol. The largest absolute Gasteiger partial charge is 0.389 e. The number of amides is 1. The van der Waals surface area contributed by atoms with Gasteiger partial charge in [0.15, 0.2) is 0 Å². The van der Waals surface area contributed by atoms with E-state index in [2.05, 4.69) is 0 Å². The average Bonchev–Trinajstić information content (AvgIpc) is 2.01. The number of likely N-dealkylation sites (tertiary alicyclic amines) is 1. The van der Waals surface area contributed by atoms with E-state index >= 15 is 0 Å². The predicted octanol–water partition coefficient (Wildman–Crippen LogP) is -1.50. The van der Waals surface area contributed by atoms with Crippen molar-refractivity contribution >= 4 is 5.91 Å². The second-order valence-electron chi connectivity index (χ2n) is 4.26. The maximum Gasteiger partial charge on any atom is 0.231 e. The minimum absolute atomic E-state index is 0.117. The van der Waals surface area contributed by atoms with Crippen molar-refractivity contribution in [1.29, 1.82) is 0 Å². The van der Waals surface area contributed by atoms with Crippen molar-refractivity contribution in [3.8, 4) is 0 Å². The summed E-state index contributed by atoms with van der Waals surface area (Å²) in [6.45, 7) is 3.71. The molecule has 0 aromatic carbocycles. The number of aliphatic hydroxyl groups is 1. The van der Waals surface area contributed by atoms with Crippen molar-refractivity contribution in [2.24, 2.45) is 17.4 Å². The Labute approximate surface area is 84.0 Å². The van der Waals surface area contributed by atoms with Gasteiger partial charge in [0.05, 0.1) is 12.1 Å². The Kier molecular flexibility index (Phi) is 3.47. The summed E-state index contributed by atoms with van der Waals surface area (Å²) >= 11 is 0. The highest BCUT2D eigenvalue weighted by atomic mass is 16.3. The Bertz CT molecular complexity index is 218. The summed E-state index contributed by atoms with van der Waals surface area (Å²) in [7, 11) is 0. The summed E-state index contributed by atoms with van der Waals surface area (Å²) in [5.41, 5.74) is 9.84. The van der Waals surface area contributed by atoms with E-state index in [-0.39, 0.29) is 18.4 Å². The van der Waals surface area contributed by atoms with Gasteiger partial charge in [0.2, 0.25) is 5.91 Å². The minimum atomic E-state index is -0.803. The van der Waals surface area contributed by atoms with E-state index in [1.807, 2.05) is 4.90 Å². The van der Waals surface area contributed by atoms with Crippen LogP contribution in [-0.4, -0.2) is 47.7 Å². The number of rotatable bonds is 3. The first-order valence-corrected chi connectivity index (χ1v) is 4.89. The summed E-state index contributed by atoms with van der Waals surface area (Å²) < 4.78 is 0. The van der Waals surface area contributed by atoms with Crippen LogP contribution in [0.5, 0.6) is 0 Å².